The summed E-state index contributed by atoms with van der Waals surface area (Å²) in [6.45, 7) is 4.46. The molecule has 0 aliphatic carbocycles. The number of carbonyl (C=O) groups is 2. The first kappa shape index (κ1) is 17.8. The van der Waals surface area contributed by atoms with E-state index in [9.17, 15) is 9.59 Å². The normalized spacial score (nSPS) is 18.4. The summed E-state index contributed by atoms with van der Waals surface area (Å²) < 4.78 is 5.09. The van der Waals surface area contributed by atoms with Crippen LogP contribution in [0.5, 0.6) is 0 Å². The van der Waals surface area contributed by atoms with Crippen molar-refractivity contribution >= 4 is 29.2 Å². The van der Waals surface area contributed by atoms with Gasteiger partial charge in [-0.25, -0.2) is 0 Å². The summed E-state index contributed by atoms with van der Waals surface area (Å²) in [6.07, 6.45) is 2.21. The van der Waals surface area contributed by atoms with Crippen molar-refractivity contribution in [1.82, 2.24) is 4.90 Å². The molecule has 1 heterocycles. The SMILES string of the molecule is CCOC(=O)C1CCCN(CCC(=O)Nc2cccc(Cl)c2)C1. The molecule has 1 saturated heterocycles. The highest BCUT2D eigenvalue weighted by Crippen LogP contribution is 2.18. The zero-order valence-electron chi connectivity index (χ0n) is 13.4. The molecule has 1 aliphatic rings. The Bertz CT molecular complexity index is 550. The minimum absolute atomic E-state index is 0.0504. The first-order valence-corrected chi connectivity index (χ1v) is 8.40. The minimum Gasteiger partial charge on any atom is -0.466 e. The summed E-state index contributed by atoms with van der Waals surface area (Å²) in [4.78, 5) is 26.0. The average Bonchev–Trinajstić information content (AvgIpc) is 2.53. The fourth-order valence-electron chi connectivity index (χ4n) is 2.76. The molecule has 1 aromatic rings. The van der Waals surface area contributed by atoms with Crippen molar-refractivity contribution in [3.05, 3.63) is 29.3 Å². The molecule has 1 aromatic carbocycles. The lowest BCUT2D eigenvalue weighted by Crippen LogP contribution is -2.40. The lowest BCUT2D eigenvalue weighted by Gasteiger charge is -2.31. The van der Waals surface area contributed by atoms with E-state index in [1.54, 1.807) is 18.2 Å². The van der Waals surface area contributed by atoms with E-state index >= 15 is 0 Å². The Morgan fingerprint density at radius 2 is 2.26 bits per heavy atom. The van der Waals surface area contributed by atoms with E-state index in [0.29, 0.717) is 36.8 Å². The molecule has 0 spiro atoms. The first-order valence-electron chi connectivity index (χ1n) is 8.03. The van der Waals surface area contributed by atoms with Gasteiger partial charge in [0.15, 0.2) is 0 Å². The number of halogens is 1. The topological polar surface area (TPSA) is 58.6 Å². The van der Waals surface area contributed by atoms with Gasteiger partial charge in [0, 0.05) is 30.2 Å². The van der Waals surface area contributed by atoms with Crippen LogP contribution < -0.4 is 5.32 Å². The highest BCUT2D eigenvalue weighted by molar-refractivity contribution is 6.30. The lowest BCUT2D eigenvalue weighted by atomic mass is 9.98. The number of nitrogens with zero attached hydrogens (tertiary/aromatic N) is 1. The molecule has 0 aromatic heterocycles. The number of carbonyl (C=O) groups excluding carboxylic acids is 2. The van der Waals surface area contributed by atoms with Crippen LogP contribution in [0.15, 0.2) is 24.3 Å². The van der Waals surface area contributed by atoms with Crippen LogP contribution >= 0.6 is 11.6 Å². The number of piperidine rings is 1. The lowest BCUT2D eigenvalue weighted by molar-refractivity contribution is -0.149. The van der Waals surface area contributed by atoms with E-state index in [4.69, 9.17) is 16.3 Å². The molecule has 0 bridgehead atoms. The molecule has 1 amide bonds. The molecule has 5 nitrogen and oxygen atoms in total. The van der Waals surface area contributed by atoms with Gasteiger partial charge in [0.25, 0.3) is 0 Å². The molecule has 1 fully saturated rings. The zero-order chi connectivity index (χ0) is 16.7. The second kappa shape index (κ2) is 8.89. The standard InChI is InChI=1S/C17H23ClN2O3/c1-2-23-17(22)13-5-4-9-20(12-13)10-8-16(21)19-15-7-3-6-14(18)11-15/h3,6-7,11,13H,2,4-5,8-10,12H2,1H3,(H,19,21). The van der Waals surface area contributed by atoms with E-state index in [-0.39, 0.29) is 17.8 Å². The molecule has 2 rings (SSSR count). The van der Waals surface area contributed by atoms with Gasteiger partial charge >= 0.3 is 5.97 Å². The van der Waals surface area contributed by atoms with Gasteiger partial charge < -0.3 is 15.0 Å². The number of benzene rings is 1. The van der Waals surface area contributed by atoms with Crippen molar-refractivity contribution in [1.29, 1.82) is 0 Å². The third-order valence-corrected chi connectivity index (χ3v) is 4.12. The number of ether oxygens (including phenoxy) is 1. The third-order valence-electron chi connectivity index (χ3n) is 3.89. The Hall–Kier alpha value is -1.59. The maximum atomic E-state index is 12.0. The van der Waals surface area contributed by atoms with Crippen LogP contribution in [0, 0.1) is 5.92 Å². The number of hydrogen-bond acceptors (Lipinski definition) is 4. The van der Waals surface area contributed by atoms with Crippen molar-refractivity contribution in [3.8, 4) is 0 Å². The van der Waals surface area contributed by atoms with Crippen molar-refractivity contribution in [3.63, 3.8) is 0 Å². The molecule has 0 saturated carbocycles. The van der Waals surface area contributed by atoms with E-state index in [2.05, 4.69) is 10.2 Å². The molecular formula is C17H23ClN2O3. The van der Waals surface area contributed by atoms with Crippen LogP contribution in [0.1, 0.15) is 26.2 Å². The zero-order valence-corrected chi connectivity index (χ0v) is 14.1. The molecule has 6 heteroatoms. The van der Waals surface area contributed by atoms with Gasteiger partial charge in [-0.15, -0.1) is 0 Å². The number of nitrogens with one attached hydrogen (secondary N) is 1. The Morgan fingerprint density at radius 3 is 3.00 bits per heavy atom. The van der Waals surface area contributed by atoms with Gasteiger partial charge in [-0.2, -0.15) is 0 Å². The Kier molecular flexibility index (Phi) is 6.86. The smallest absolute Gasteiger partial charge is 0.310 e. The van der Waals surface area contributed by atoms with Gasteiger partial charge in [-0.1, -0.05) is 17.7 Å². The number of esters is 1. The molecule has 1 atom stereocenters. The van der Waals surface area contributed by atoms with E-state index in [1.165, 1.54) is 0 Å². The van der Waals surface area contributed by atoms with E-state index < -0.39 is 0 Å². The summed E-state index contributed by atoms with van der Waals surface area (Å²) in [7, 11) is 0. The fourth-order valence-corrected chi connectivity index (χ4v) is 2.95. The quantitative estimate of drug-likeness (QED) is 0.810. The Balaban J connectivity index is 1.76. The first-order chi connectivity index (χ1) is 11.1. The van der Waals surface area contributed by atoms with Gasteiger partial charge in [-0.3, -0.25) is 9.59 Å². The number of likely N-dealkylation sites (tertiary alicyclic amines) is 1. The highest BCUT2D eigenvalue weighted by Gasteiger charge is 2.26. The van der Waals surface area contributed by atoms with Crippen LogP contribution in [0.3, 0.4) is 0 Å². The van der Waals surface area contributed by atoms with Crippen molar-refractivity contribution in [2.24, 2.45) is 5.92 Å². The van der Waals surface area contributed by atoms with Gasteiger partial charge in [0.1, 0.15) is 0 Å². The van der Waals surface area contributed by atoms with Crippen LogP contribution in [0.2, 0.25) is 5.02 Å². The molecule has 0 radical (unpaired) electrons. The molecule has 1 unspecified atom stereocenters. The Labute approximate surface area is 141 Å². The predicted octanol–water partition coefficient (Wildman–Crippen LogP) is 2.94. The predicted molar refractivity (Wildman–Crippen MR) is 90.5 cm³/mol. The second-order valence-corrected chi connectivity index (χ2v) is 6.14. The summed E-state index contributed by atoms with van der Waals surface area (Å²) in [5, 5.41) is 3.43. The van der Waals surface area contributed by atoms with E-state index in [0.717, 1.165) is 19.4 Å². The largest absolute Gasteiger partial charge is 0.466 e. The number of hydrogen-bond donors (Lipinski definition) is 1. The van der Waals surface area contributed by atoms with Crippen molar-refractivity contribution < 1.29 is 14.3 Å². The van der Waals surface area contributed by atoms with Crippen molar-refractivity contribution in [2.45, 2.75) is 26.2 Å². The van der Waals surface area contributed by atoms with Crippen molar-refractivity contribution in [2.75, 3.05) is 31.6 Å². The maximum Gasteiger partial charge on any atom is 0.310 e. The van der Waals surface area contributed by atoms with Crippen LogP contribution in [0.4, 0.5) is 5.69 Å². The number of amides is 1. The van der Waals surface area contributed by atoms with Gasteiger partial charge in [-0.05, 0) is 44.5 Å². The average molecular weight is 339 g/mol. The Morgan fingerprint density at radius 1 is 1.43 bits per heavy atom. The summed E-state index contributed by atoms with van der Waals surface area (Å²) >= 11 is 5.90. The van der Waals surface area contributed by atoms with Crippen LogP contribution in [-0.4, -0.2) is 43.0 Å². The van der Waals surface area contributed by atoms with Crippen LogP contribution in [0.25, 0.3) is 0 Å². The van der Waals surface area contributed by atoms with Crippen LogP contribution in [-0.2, 0) is 14.3 Å². The second-order valence-electron chi connectivity index (χ2n) is 5.70. The highest BCUT2D eigenvalue weighted by atomic mass is 35.5. The summed E-state index contributed by atoms with van der Waals surface area (Å²) in [5.41, 5.74) is 0.700. The molecule has 1 aliphatic heterocycles. The minimum atomic E-state index is -0.124. The van der Waals surface area contributed by atoms with Gasteiger partial charge in [0.2, 0.25) is 5.91 Å². The fraction of sp³-hybridized carbons (Fsp3) is 0.529. The number of anilines is 1. The number of rotatable bonds is 6. The summed E-state index contributed by atoms with van der Waals surface area (Å²) in [5.74, 6) is -0.245. The maximum absolute atomic E-state index is 12.0. The van der Waals surface area contributed by atoms with Gasteiger partial charge in [0.05, 0.1) is 12.5 Å². The third kappa shape index (κ3) is 5.84. The molecule has 1 N–H and O–H groups in total. The molecule has 23 heavy (non-hydrogen) atoms. The van der Waals surface area contributed by atoms with E-state index in [1.807, 2.05) is 13.0 Å². The molecular weight excluding hydrogens is 316 g/mol. The monoisotopic (exact) mass is 338 g/mol. The summed E-state index contributed by atoms with van der Waals surface area (Å²) in [6, 6.07) is 7.09. The molecule has 126 valence electrons.